The maximum atomic E-state index is 11.9. The molecule has 0 aliphatic carbocycles. The first-order chi connectivity index (χ1) is 11.1. The van der Waals surface area contributed by atoms with E-state index >= 15 is 0 Å². The quantitative estimate of drug-likeness (QED) is 0.606. The third-order valence-electron chi connectivity index (χ3n) is 3.18. The highest BCUT2D eigenvalue weighted by atomic mass is 16.6. The summed E-state index contributed by atoms with van der Waals surface area (Å²) in [6.45, 7) is 0.0437. The molecule has 0 aliphatic rings. The summed E-state index contributed by atoms with van der Waals surface area (Å²) in [5, 5.41) is 0. The Morgan fingerprint density at radius 3 is 1.74 bits per heavy atom. The fourth-order valence-electron chi connectivity index (χ4n) is 1.91. The number of carbonyl (C=O) groups excluding carboxylic acids is 2. The molecule has 0 unspecified atom stereocenters. The Kier molecular flexibility index (Phi) is 5.74. The second-order valence-corrected chi connectivity index (χ2v) is 5.08. The maximum Gasteiger partial charge on any atom is 0.338 e. The minimum absolute atomic E-state index is 0.0207. The number of benzene rings is 2. The van der Waals surface area contributed by atoms with E-state index in [2.05, 4.69) is 0 Å². The standard InChI is InChI=1S/C18H19NO4/c1-19(2)16-10-8-15(9-11-16)18(21)23-13-12-22-17(20)14-6-4-3-5-7-14/h3-11H,12-13H2,1-2H3. The lowest BCUT2D eigenvalue weighted by Gasteiger charge is -2.12. The van der Waals surface area contributed by atoms with Gasteiger partial charge in [0.2, 0.25) is 0 Å². The average molecular weight is 313 g/mol. The summed E-state index contributed by atoms with van der Waals surface area (Å²) in [5.74, 6) is -0.872. The monoisotopic (exact) mass is 313 g/mol. The van der Waals surface area contributed by atoms with Crippen LogP contribution in [0.5, 0.6) is 0 Å². The molecule has 0 saturated carbocycles. The molecular formula is C18H19NO4. The Labute approximate surface area is 135 Å². The van der Waals surface area contributed by atoms with Crippen molar-refractivity contribution < 1.29 is 19.1 Å². The number of nitrogens with zero attached hydrogens (tertiary/aromatic N) is 1. The topological polar surface area (TPSA) is 55.8 Å². The van der Waals surface area contributed by atoms with Crippen LogP contribution >= 0.6 is 0 Å². The van der Waals surface area contributed by atoms with E-state index in [0.29, 0.717) is 11.1 Å². The molecule has 0 fully saturated rings. The summed E-state index contributed by atoms with van der Waals surface area (Å²) in [4.78, 5) is 25.5. The number of rotatable bonds is 6. The minimum atomic E-state index is -0.439. The van der Waals surface area contributed by atoms with Gasteiger partial charge in [-0.05, 0) is 36.4 Å². The maximum absolute atomic E-state index is 11.9. The lowest BCUT2D eigenvalue weighted by Crippen LogP contribution is -2.14. The highest BCUT2D eigenvalue weighted by Gasteiger charge is 2.09. The highest BCUT2D eigenvalue weighted by molar-refractivity contribution is 5.90. The van der Waals surface area contributed by atoms with Gasteiger partial charge < -0.3 is 14.4 Å². The van der Waals surface area contributed by atoms with Crippen LogP contribution in [0.3, 0.4) is 0 Å². The Morgan fingerprint density at radius 1 is 0.783 bits per heavy atom. The molecule has 5 heteroatoms. The van der Waals surface area contributed by atoms with Crippen LogP contribution in [0.4, 0.5) is 5.69 Å². The van der Waals surface area contributed by atoms with Crippen molar-refractivity contribution in [3.05, 3.63) is 65.7 Å². The number of esters is 2. The van der Waals surface area contributed by atoms with E-state index in [9.17, 15) is 9.59 Å². The van der Waals surface area contributed by atoms with E-state index in [4.69, 9.17) is 9.47 Å². The van der Waals surface area contributed by atoms with Crippen molar-refractivity contribution in [2.75, 3.05) is 32.2 Å². The Bertz CT molecular complexity index is 650. The molecule has 23 heavy (non-hydrogen) atoms. The zero-order chi connectivity index (χ0) is 16.7. The fourth-order valence-corrected chi connectivity index (χ4v) is 1.91. The minimum Gasteiger partial charge on any atom is -0.458 e. The van der Waals surface area contributed by atoms with Crippen molar-refractivity contribution in [3.8, 4) is 0 Å². The van der Waals surface area contributed by atoms with E-state index in [1.807, 2.05) is 37.2 Å². The molecule has 0 saturated heterocycles. The predicted molar refractivity (Wildman–Crippen MR) is 87.8 cm³/mol. The van der Waals surface area contributed by atoms with Gasteiger partial charge in [0.1, 0.15) is 13.2 Å². The van der Waals surface area contributed by atoms with Crippen LogP contribution in [-0.2, 0) is 9.47 Å². The first-order valence-corrected chi connectivity index (χ1v) is 7.24. The molecule has 2 aromatic carbocycles. The third-order valence-corrected chi connectivity index (χ3v) is 3.18. The number of carbonyl (C=O) groups is 2. The third kappa shape index (κ3) is 4.85. The first-order valence-electron chi connectivity index (χ1n) is 7.24. The van der Waals surface area contributed by atoms with Gasteiger partial charge >= 0.3 is 11.9 Å². The molecule has 2 rings (SSSR count). The largest absolute Gasteiger partial charge is 0.458 e. The summed E-state index contributed by atoms with van der Waals surface area (Å²) < 4.78 is 10.1. The van der Waals surface area contributed by atoms with Gasteiger partial charge in [0.05, 0.1) is 11.1 Å². The van der Waals surface area contributed by atoms with Gasteiger partial charge in [-0.15, -0.1) is 0 Å². The lowest BCUT2D eigenvalue weighted by atomic mass is 10.2. The fraction of sp³-hybridized carbons (Fsp3) is 0.222. The number of hydrogen-bond acceptors (Lipinski definition) is 5. The van der Waals surface area contributed by atoms with Gasteiger partial charge in [0.15, 0.2) is 0 Å². The second-order valence-electron chi connectivity index (χ2n) is 5.08. The summed E-state index contributed by atoms with van der Waals surface area (Å²) in [6.07, 6.45) is 0. The molecule has 0 spiro atoms. The predicted octanol–water partition coefficient (Wildman–Crippen LogP) is 2.77. The van der Waals surface area contributed by atoms with Crippen LogP contribution < -0.4 is 4.90 Å². The molecule has 5 nitrogen and oxygen atoms in total. The van der Waals surface area contributed by atoms with Crippen LogP contribution in [0.25, 0.3) is 0 Å². The van der Waals surface area contributed by atoms with Crippen molar-refractivity contribution in [2.45, 2.75) is 0 Å². The molecular weight excluding hydrogens is 294 g/mol. The normalized spacial score (nSPS) is 10.0. The number of anilines is 1. The Morgan fingerprint density at radius 2 is 1.26 bits per heavy atom. The average Bonchev–Trinajstić information content (AvgIpc) is 2.59. The van der Waals surface area contributed by atoms with E-state index in [1.165, 1.54) is 0 Å². The lowest BCUT2D eigenvalue weighted by molar-refractivity contribution is 0.0265. The van der Waals surface area contributed by atoms with Crippen molar-refractivity contribution in [3.63, 3.8) is 0 Å². The Hall–Kier alpha value is -2.82. The van der Waals surface area contributed by atoms with Crippen LogP contribution in [0.1, 0.15) is 20.7 Å². The van der Waals surface area contributed by atoms with Crippen LogP contribution in [0, 0.1) is 0 Å². The molecule has 0 radical (unpaired) electrons. The van der Waals surface area contributed by atoms with Gasteiger partial charge in [-0.25, -0.2) is 9.59 Å². The molecule has 0 N–H and O–H groups in total. The van der Waals surface area contributed by atoms with Gasteiger partial charge in [-0.2, -0.15) is 0 Å². The van der Waals surface area contributed by atoms with Crippen LogP contribution in [0.15, 0.2) is 54.6 Å². The van der Waals surface area contributed by atoms with Crippen LogP contribution in [-0.4, -0.2) is 39.2 Å². The van der Waals surface area contributed by atoms with Crippen molar-refractivity contribution in [2.24, 2.45) is 0 Å². The SMILES string of the molecule is CN(C)c1ccc(C(=O)OCCOC(=O)c2ccccc2)cc1. The van der Waals surface area contributed by atoms with Gasteiger partial charge in [0, 0.05) is 19.8 Å². The molecule has 120 valence electrons. The molecule has 0 aliphatic heterocycles. The van der Waals surface area contributed by atoms with E-state index in [0.717, 1.165) is 5.69 Å². The second kappa shape index (κ2) is 7.98. The Balaban J connectivity index is 1.75. The van der Waals surface area contributed by atoms with Gasteiger partial charge in [0.25, 0.3) is 0 Å². The molecule has 0 bridgehead atoms. The number of ether oxygens (including phenoxy) is 2. The molecule has 0 heterocycles. The highest BCUT2D eigenvalue weighted by Crippen LogP contribution is 2.12. The first kappa shape index (κ1) is 16.5. The number of hydrogen-bond donors (Lipinski definition) is 0. The van der Waals surface area contributed by atoms with E-state index in [-0.39, 0.29) is 13.2 Å². The van der Waals surface area contributed by atoms with Crippen molar-refractivity contribution >= 4 is 17.6 Å². The van der Waals surface area contributed by atoms with Gasteiger partial charge in [-0.3, -0.25) is 0 Å². The summed E-state index contributed by atoms with van der Waals surface area (Å²) in [7, 11) is 3.85. The zero-order valence-corrected chi connectivity index (χ0v) is 13.2. The summed E-state index contributed by atoms with van der Waals surface area (Å²) in [5.41, 5.74) is 1.93. The van der Waals surface area contributed by atoms with Crippen molar-refractivity contribution in [1.29, 1.82) is 0 Å². The molecule has 0 atom stereocenters. The molecule has 2 aromatic rings. The van der Waals surface area contributed by atoms with E-state index in [1.54, 1.807) is 36.4 Å². The summed E-state index contributed by atoms with van der Waals surface area (Å²) >= 11 is 0. The summed E-state index contributed by atoms with van der Waals surface area (Å²) in [6, 6.07) is 15.8. The smallest absolute Gasteiger partial charge is 0.338 e. The zero-order valence-electron chi connectivity index (χ0n) is 13.2. The molecule has 0 amide bonds. The van der Waals surface area contributed by atoms with E-state index < -0.39 is 11.9 Å². The van der Waals surface area contributed by atoms with Crippen LogP contribution in [0.2, 0.25) is 0 Å². The molecule has 0 aromatic heterocycles. The van der Waals surface area contributed by atoms with Crippen molar-refractivity contribution in [1.82, 2.24) is 0 Å². The van der Waals surface area contributed by atoms with Gasteiger partial charge in [-0.1, -0.05) is 18.2 Å².